The number of hydrogen-bond donors (Lipinski definition) is 4. The maximum Gasteiger partial charge on any atom is 0.262 e. The number of amides is 2. The maximum absolute atomic E-state index is 15.3. The second-order valence-electron chi connectivity index (χ2n) is 14.1. The molecule has 0 saturated carbocycles. The van der Waals surface area contributed by atoms with Gasteiger partial charge in [-0.25, -0.2) is 8.78 Å². The molecule has 4 aromatic carbocycles. The molecular weight excluding hydrogens is 836 g/mol. The summed E-state index contributed by atoms with van der Waals surface area (Å²) in [7, 11) is 0. The van der Waals surface area contributed by atoms with Gasteiger partial charge in [-0.05, 0) is 93.8 Å². The summed E-state index contributed by atoms with van der Waals surface area (Å²) in [4.78, 5) is 58.4. The first-order chi connectivity index (χ1) is 27.4. The van der Waals surface area contributed by atoms with Gasteiger partial charge in [-0.1, -0.05) is 53.3 Å². The molecule has 6 rings (SSSR count). The number of benzene rings is 4. The summed E-state index contributed by atoms with van der Waals surface area (Å²) in [6.07, 6.45) is 0.480. The zero-order chi connectivity index (χ0) is 42.5. The summed E-state index contributed by atoms with van der Waals surface area (Å²) in [5, 5.41) is 27.8. The lowest BCUT2D eigenvalue weighted by molar-refractivity contribution is -0.129. The quantitative estimate of drug-likeness (QED) is 0.108. The molecule has 2 aromatic heterocycles. The minimum atomic E-state index is -1.58. The average molecular weight is 873 g/mol. The number of hydrogen-bond acceptors (Lipinski definition) is 6. The number of rotatable bonds is 10. The third kappa shape index (κ3) is 7.61. The molecule has 2 amide bonds. The van der Waals surface area contributed by atoms with Crippen molar-refractivity contribution in [2.24, 2.45) is 0 Å². The molecule has 2 atom stereocenters. The maximum atomic E-state index is 15.3. The summed E-state index contributed by atoms with van der Waals surface area (Å²) in [6, 6.07) is 11.8. The van der Waals surface area contributed by atoms with E-state index >= 15 is 8.78 Å². The molecule has 0 aliphatic heterocycles. The van der Waals surface area contributed by atoms with E-state index in [-0.39, 0.29) is 82.1 Å². The molecule has 0 aliphatic carbocycles. The van der Waals surface area contributed by atoms with Crippen LogP contribution in [0, 0.1) is 25.5 Å². The Morgan fingerprint density at radius 2 is 1.07 bits per heavy atom. The molecule has 0 saturated heterocycles. The molecule has 0 spiro atoms. The first kappa shape index (κ1) is 42.5. The molecule has 302 valence electrons. The van der Waals surface area contributed by atoms with Gasteiger partial charge in [0.15, 0.2) is 23.1 Å². The molecule has 0 fully saturated rings. The van der Waals surface area contributed by atoms with Crippen molar-refractivity contribution in [2.45, 2.75) is 58.9 Å². The van der Waals surface area contributed by atoms with Gasteiger partial charge in [0.1, 0.15) is 0 Å². The molecule has 4 N–H and O–H groups in total. The lowest BCUT2D eigenvalue weighted by atomic mass is 9.77. The minimum Gasteiger partial charge on any atom is -0.505 e. The monoisotopic (exact) mass is 870 g/mol. The zero-order valence-electron chi connectivity index (χ0n) is 31.6. The van der Waals surface area contributed by atoms with Gasteiger partial charge in [0, 0.05) is 58.0 Å². The van der Waals surface area contributed by atoms with Gasteiger partial charge >= 0.3 is 0 Å². The fourth-order valence-corrected chi connectivity index (χ4v) is 7.95. The van der Waals surface area contributed by atoms with E-state index in [1.165, 1.54) is 50.2 Å². The summed E-state index contributed by atoms with van der Waals surface area (Å²) < 4.78 is 32.8. The van der Waals surface area contributed by atoms with Crippen molar-refractivity contribution in [1.82, 2.24) is 19.8 Å². The van der Waals surface area contributed by atoms with Gasteiger partial charge in [0.2, 0.25) is 11.8 Å². The van der Waals surface area contributed by atoms with Gasteiger partial charge in [-0.15, -0.1) is 0 Å². The summed E-state index contributed by atoms with van der Waals surface area (Å²) in [6.45, 7) is 8.36. The Hall–Kier alpha value is -5.14. The number of carbonyl (C=O) groups is 4. The van der Waals surface area contributed by atoms with Crippen LogP contribution in [-0.4, -0.2) is 55.6 Å². The summed E-state index contributed by atoms with van der Waals surface area (Å²) in [5.74, 6) is -9.74. The smallest absolute Gasteiger partial charge is 0.262 e. The molecule has 2 unspecified atom stereocenters. The second-order valence-corrected chi connectivity index (χ2v) is 15.7. The van der Waals surface area contributed by atoms with Crippen LogP contribution in [0.2, 0.25) is 20.1 Å². The highest BCUT2D eigenvalue weighted by atomic mass is 35.5. The van der Waals surface area contributed by atoms with E-state index < -0.39 is 64.6 Å². The fraction of sp³-hybridized carbons (Fsp3) is 0.238. The van der Waals surface area contributed by atoms with E-state index in [9.17, 15) is 29.4 Å². The van der Waals surface area contributed by atoms with E-state index in [2.05, 4.69) is 10.6 Å². The van der Waals surface area contributed by atoms with Crippen LogP contribution in [0.15, 0.2) is 60.7 Å². The molecule has 0 bridgehead atoms. The second kappa shape index (κ2) is 16.6. The number of halogens is 6. The van der Waals surface area contributed by atoms with Crippen LogP contribution in [0.3, 0.4) is 0 Å². The first-order valence-electron chi connectivity index (χ1n) is 18.0. The topological polar surface area (TPSA) is 143 Å². The van der Waals surface area contributed by atoms with E-state index in [0.717, 1.165) is 33.4 Å². The number of aromatic hydroxyl groups is 2. The Bertz CT molecular complexity index is 2690. The minimum absolute atomic E-state index is 0.0455. The Labute approximate surface area is 351 Å². The summed E-state index contributed by atoms with van der Waals surface area (Å²) in [5.41, 5.74) is 0.286. The van der Waals surface area contributed by atoms with Crippen LogP contribution in [0.1, 0.15) is 82.3 Å². The zero-order valence-corrected chi connectivity index (χ0v) is 34.6. The van der Waals surface area contributed by atoms with Crippen molar-refractivity contribution in [3.63, 3.8) is 0 Å². The van der Waals surface area contributed by atoms with Crippen molar-refractivity contribution >= 4 is 91.8 Å². The lowest BCUT2D eigenvalue weighted by Gasteiger charge is -2.28. The molecule has 16 heteroatoms. The number of phenols is 2. The fourth-order valence-electron chi connectivity index (χ4n) is 7.35. The third-order valence-electron chi connectivity index (χ3n) is 9.88. The van der Waals surface area contributed by atoms with Crippen LogP contribution < -0.4 is 10.6 Å². The van der Waals surface area contributed by atoms with Gasteiger partial charge < -0.3 is 20.8 Å². The van der Waals surface area contributed by atoms with E-state index in [4.69, 9.17) is 46.4 Å². The standard InChI is InChI=1S/C42H36Cl4F2N4O6/c1-6-11-49-39(55)37(35-19(4)51(31-16-29(47)33(53)14-23(31)35)41(57)21-7-9-25(43)27(45)12-21)38(40(56)50-18(2)3)36-20(5)52(32-17-30(48)34(54)15-24(32)36)42(58)22-8-10-26(44)28(46)13-22/h7-10,12-18,37-38,53-54H,6,11H2,1-5H3,(H,49,55)(H,50,56). The summed E-state index contributed by atoms with van der Waals surface area (Å²) >= 11 is 24.8. The van der Waals surface area contributed by atoms with Crippen LogP contribution in [-0.2, 0) is 9.59 Å². The average Bonchev–Trinajstić information content (AvgIpc) is 3.58. The molecule has 2 heterocycles. The highest BCUT2D eigenvalue weighted by Crippen LogP contribution is 2.46. The lowest BCUT2D eigenvalue weighted by Crippen LogP contribution is -2.42. The van der Waals surface area contributed by atoms with E-state index in [0.29, 0.717) is 6.42 Å². The largest absolute Gasteiger partial charge is 0.505 e. The number of nitrogens with one attached hydrogen (secondary N) is 2. The molecule has 58 heavy (non-hydrogen) atoms. The van der Waals surface area contributed by atoms with Crippen LogP contribution in [0.4, 0.5) is 8.78 Å². The van der Waals surface area contributed by atoms with Crippen molar-refractivity contribution in [3.05, 3.63) is 126 Å². The number of carbonyl (C=O) groups excluding carboxylic acids is 4. The Morgan fingerprint density at radius 1 is 0.655 bits per heavy atom. The van der Waals surface area contributed by atoms with Crippen LogP contribution in [0.5, 0.6) is 11.5 Å². The molecule has 0 radical (unpaired) electrons. The van der Waals surface area contributed by atoms with Gasteiger partial charge in [-0.3, -0.25) is 28.3 Å². The van der Waals surface area contributed by atoms with E-state index in [1.807, 2.05) is 6.92 Å². The van der Waals surface area contributed by atoms with Crippen molar-refractivity contribution in [1.29, 1.82) is 0 Å². The highest BCUT2D eigenvalue weighted by molar-refractivity contribution is 6.42. The first-order valence-corrected chi connectivity index (χ1v) is 19.5. The Kier molecular flexibility index (Phi) is 12.2. The van der Waals surface area contributed by atoms with Crippen LogP contribution in [0.25, 0.3) is 21.8 Å². The predicted molar refractivity (Wildman–Crippen MR) is 221 cm³/mol. The Morgan fingerprint density at radius 3 is 1.45 bits per heavy atom. The van der Waals surface area contributed by atoms with Gasteiger partial charge in [-0.2, -0.15) is 0 Å². The van der Waals surface area contributed by atoms with Crippen molar-refractivity contribution in [2.75, 3.05) is 6.54 Å². The molecule has 0 aliphatic rings. The van der Waals surface area contributed by atoms with Crippen LogP contribution >= 0.6 is 46.4 Å². The third-order valence-corrected chi connectivity index (χ3v) is 11.4. The Balaban J connectivity index is 1.74. The molecule has 10 nitrogen and oxygen atoms in total. The number of phenolic OH excluding ortho intramolecular Hbond substituents is 2. The molecule has 6 aromatic rings. The van der Waals surface area contributed by atoms with Crippen molar-refractivity contribution in [3.8, 4) is 11.5 Å². The SMILES string of the molecule is CCCNC(=O)C(c1c(C)n(C(=O)c2ccc(Cl)c(Cl)c2)c2cc(F)c(O)cc12)C(C(=O)NC(C)C)c1c(C)n(C(=O)c2ccc(Cl)c(Cl)c2)c2cc(F)c(O)cc12. The number of aromatic nitrogens is 2. The number of nitrogens with zero attached hydrogens (tertiary/aromatic N) is 2. The predicted octanol–water partition coefficient (Wildman–Crippen LogP) is 9.81. The van der Waals surface area contributed by atoms with E-state index in [1.54, 1.807) is 13.8 Å². The highest BCUT2D eigenvalue weighted by Gasteiger charge is 2.43. The van der Waals surface area contributed by atoms with Gasteiger partial charge in [0.05, 0.1) is 43.0 Å². The number of fused-ring (bicyclic) bond motifs is 2. The van der Waals surface area contributed by atoms with Gasteiger partial charge in [0.25, 0.3) is 11.8 Å². The molecular formula is C42H36Cl4F2N4O6. The normalized spacial score (nSPS) is 12.6. The van der Waals surface area contributed by atoms with Crippen molar-refractivity contribution < 1.29 is 38.2 Å².